The van der Waals surface area contributed by atoms with Gasteiger partial charge in [-0.05, 0) is 25.5 Å². The number of hydrogen-bond donors (Lipinski definition) is 1. The minimum absolute atomic E-state index is 0.0918. The van der Waals surface area contributed by atoms with Crippen LogP contribution >= 0.6 is 0 Å². The van der Waals surface area contributed by atoms with E-state index in [-0.39, 0.29) is 17.5 Å². The Bertz CT molecular complexity index is 811. The monoisotopic (exact) mass is 353 g/mol. The average molecular weight is 353 g/mol. The number of carbonyl (C=O) groups is 2. The van der Waals surface area contributed by atoms with Crippen LogP contribution < -0.4 is 10.2 Å². The van der Waals surface area contributed by atoms with Gasteiger partial charge in [0.15, 0.2) is 0 Å². The number of benzene rings is 1. The Balaban J connectivity index is 1.64. The smallest absolute Gasteiger partial charge is 0.275 e. The molecule has 0 spiro atoms. The third kappa shape index (κ3) is 3.99. The van der Waals surface area contributed by atoms with E-state index < -0.39 is 0 Å². The second kappa shape index (κ2) is 7.51. The van der Waals surface area contributed by atoms with Crippen LogP contribution in [0.2, 0.25) is 0 Å². The Labute approximate surface area is 153 Å². The second-order valence-corrected chi connectivity index (χ2v) is 6.53. The summed E-state index contributed by atoms with van der Waals surface area (Å²) in [5.74, 6) is 0.530. The Morgan fingerprint density at radius 1 is 1.04 bits per heavy atom. The van der Waals surface area contributed by atoms with Gasteiger partial charge in [-0.1, -0.05) is 17.7 Å². The van der Waals surface area contributed by atoms with Crippen molar-refractivity contribution in [2.45, 2.75) is 20.8 Å². The summed E-state index contributed by atoms with van der Waals surface area (Å²) in [6.45, 7) is 8.32. The molecule has 1 aromatic heterocycles. The van der Waals surface area contributed by atoms with Crippen LogP contribution in [0.4, 0.5) is 11.5 Å². The zero-order valence-corrected chi connectivity index (χ0v) is 15.3. The predicted molar refractivity (Wildman–Crippen MR) is 100 cm³/mol. The van der Waals surface area contributed by atoms with Gasteiger partial charge in [0.25, 0.3) is 5.91 Å². The van der Waals surface area contributed by atoms with Gasteiger partial charge in [-0.2, -0.15) is 0 Å². The summed E-state index contributed by atoms with van der Waals surface area (Å²) in [6.07, 6.45) is 3.10. The quantitative estimate of drug-likeness (QED) is 0.913. The van der Waals surface area contributed by atoms with E-state index in [0.29, 0.717) is 26.2 Å². The number of amides is 2. The first-order chi connectivity index (χ1) is 12.4. The molecule has 7 heteroatoms. The van der Waals surface area contributed by atoms with E-state index in [1.807, 2.05) is 36.9 Å². The molecule has 0 radical (unpaired) electrons. The fraction of sp³-hybridized carbons (Fsp3) is 0.368. The lowest BCUT2D eigenvalue weighted by Gasteiger charge is -2.34. The molecule has 1 saturated heterocycles. The van der Waals surface area contributed by atoms with Crippen molar-refractivity contribution in [3.8, 4) is 0 Å². The molecule has 2 amide bonds. The van der Waals surface area contributed by atoms with Crippen LogP contribution in [0.5, 0.6) is 0 Å². The molecule has 3 rings (SSSR count). The van der Waals surface area contributed by atoms with Gasteiger partial charge in [-0.3, -0.25) is 9.59 Å². The van der Waals surface area contributed by atoms with Crippen molar-refractivity contribution in [1.82, 2.24) is 14.9 Å². The second-order valence-electron chi connectivity index (χ2n) is 6.53. The minimum atomic E-state index is -0.280. The maximum atomic E-state index is 12.4. The molecule has 26 heavy (non-hydrogen) atoms. The number of rotatable bonds is 3. The molecule has 136 valence electrons. The number of aromatic nitrogens is 2. The fourth-order valence-corrected chi connectivity index (χ4v) is 2.99. The molecular weight excluding hydrogens is 330 g/mol. The molecule has 0 atom stereocenters. The Hall–Kier alpha value is -2.96. The van der Waals surface area contributed by atoms with Crippen molar-refractivity contribution < 1.29 is 9.59 Å². The maximum Gasteiger partial charge on any atom is 0.275 e. The molecule has 1 aliphatic heterocycles. The summed E-state index contributed by atoms with van der Waals surface area (Å²) in [7, 11) is 0. The van der Waals surface area contributed by atoms with E-state index in [9.17, 15) is 9.59 Å². The highest BCUT2D eigenvalue weighted by molar-refractivity contribution is 6.03. The summed E-state index contributed by atoms with van der Waals surface area (Å²) >= 11 is 0. The zero-order valence-electron chi connectivity index (χ0n) is 15.3. The largest absolute Gasteiger partial charge is 0.352 e. The molecule has 0 bridgehead atoms. The number of aryl methyl sites for hydroxylation is 2. The first-order valence-corrected chi connectivity index (χ1v) is 8.65. The van der Waals surface area contributed by atoms with Gasteiger partial charge >= 0.3 is 0 Å². The fourth-order valence-electron chi connectivity index (χ4n) is 2.99. The number of nitrogens with zero attached hydrogens (tertiary/aromatic N) is 4. The third-order valence-corrected chi connectivity index (χ3v) is 4.55. The molecule has 2 heterocycles. The standard InChI is InChI=1S/C19H23N5O2/c1-13-4-5-16(14(2)10-13)22-19(26)17-11-21-18(12-20-17)24-8-6-23(7-9-24)15(3)25/h4-5,10-12H,6-9H2,1-3H3,(H,22,26). The van der Waals surface area contributed by atoms with Crippen molar-refractivity contribution in [2.75, 3.05) is 36.4 Å². The Morgan fingerprint density at radius 2 is 1.77 bits per heavy atom. The van der Waals surface area contributed by atoms with Gasteiger partial charge in [0.05, 0.1) is 12.4 Å². The van der Waals surface area contributed by atoms with E-state index in [0.717, 1.165) is 22.6 Å². The van der Waals surface area contributed by atoms with Gasteiger partial charge in [0.2, 0.25) is 5.91 Å². The van der Waals surface area contributed by atoms with Crippen molar-refractivity contribution in [2.24, 2.45) is 0 Å². The van der Waals surface area contributed by atoms with Gasteiger partial charge < -0.3 is 15.1 Å². The van der Waals surface area contributed by atoms with Crippen molar-refractivity contribution in [3.63, 3.8) is 0 Å². The van der Waals surface area contributed by atoms with E-state index in [2.05, 4.69) is 20.2 Å². The number of piperazine rings is 1. The molecule has 1 N–H and O–H groups in total. The van der Waals surface area contributed by atoms with Gasteiger partial charge in [0.1, 0.15) is 11.5 Å². The van der Waals surface area contributed by atoms with Crippen LogP contribution in [0.25, 0.3) is 0 Å². The summed E-state index contributed by atoms with van der Waals surface area (Å²) in [5.41, 5.74) is 3.20. The molecule has 0 saturated carbocycles. The summed E-state index contributed by atoms with van der Waals surface area (Å²) in [4.78, 5) is 36.3. The van der Waals surface area contributed by atoms with E-state index in [4.69, 9.17) is 0 Å². The van der Waals surface area contributed by atoms with Crippen LogP contribution in [0.1, 0.15) is 28.5 Å². The number of carbonyl (C=O) groups excluding carboxylic acids is 2. The van der Waals surface area contributed by atoms with Crippen LogP contribution in [0.3, 0.4) is 0 Å². The zero-order chi connectivity index (χ0) is 18.7. The van der Waals surface area contributed by atoms with Crippen molar-refractivity contribution in [3.05, 3.63) is 47.4 Å². The number of nitrogens with one attached hydrogen (secondary N) is 1. The van der Waals surface area contributed by atoms with Crippen LogP contribution in [0.15, 0.2) is 30.6 Å². The molecule has 0 aliphatic carbocycles. The predicted octanol–water partition coefficient (Wildman–Crippen LogP) is 2.01. The Morgan fingerprint density at radius 3 is 2.35 bits per heavy atom. The summed E-state index contributed by atoms with van der Waals surface area (Å²) in [6, 6.07) is 5.86. The van der Waals surface area contributed by atoms with Crippen LogP contribution in [-0.2, 0) is 4.79 Å². The first-order valence-electron chi connectivity index (χ1n) is 8.65. The maximum absolute atomic E-state index is 12.4. The van der Waals surface area contributed by atoms with Crippen LogP contribution in [-0.4, -0.2) is 52.9 Å². The number of anilines is 2. The third-order valence-electron chi connectivity index (χ3n) is 4.55. The molecule has 1 aromatic carbocycles. The lowest BCUT2D eigenvalue weighted by molar-refractivity contribution is -0.129. The lowest BCUT2D eigenvalue weighted by atomic mass is 10.1. The molecule has 7 nitrogen and oxygen atoms in total. The molecule has 1 fully saturated rings. The highest BCUT2D eigenvalue weighted by atomic mass is 16.2. The molecule has 2 aromatic rings. The first kappa shape index (κ1) is 17.8. The average Bonchev–Trinajstić information content (AvgIpc) is 2.64. The molecule has 1 aliphatic rings. The summed E-state index contributed by atoms with van der Waals surface area (Å²) in [5, 5.41) is 2.87. The topological polar surface area (TPSA) is 78.4 Å². The van der Waals surface area contributed by atoms with E-state index in [1.165, 1.54) is 6.20 Å². The van der Waals surface area contributed by atoms with Gasteiger partial charge in [0, 0.05) is 38.8 Å². The Kier molecular flexibility index (Phi) is 5.16. The minimum Gasteiger partial charge on any atom is -0.352 e. The van der Waals surface area contributed by atoms with E-state index >= 15 is 0 Å². The highest BCUT2D eigenvalue weighted by Gasteiger charge is 2.20. The lowest BCUT2D eigenvalue weighted by Crippen LogP contribution is -2.48. The van der Waals surface area contributed by atoms with Crippen molar-refractivity contribution >= 4 is 23.3 Å². The summed E-state index contributed by atoms with van der Waals surface area (Å²) < 4.78 is 0. The molecule has 0 unspecified atom stereocenters. The number of hydrogen-bond acceptors (Lipinski definition) is 5. The van der Waals surface area contributed by atoms with Crippen LogP contribution in [0, 0.1) is 13.8 Å². The van der Waals surface area contributed by atoms with Gasteiger partial charge in [-0.15, -0.1) is 0 Å². The SMILES string of the molecule is CC(=O)N1CCN(c2cnc(C(=O)Nc3ccc(C)cc3C)cn2)CC1. The highest BCUT2D eigenvalue weighted by Crippen LogP contribution is 2.17. The molecular formula is C19H23N5O2. The van der Waals surface area contributed by atoms with E-state index in [1.54, 1.807) is 13.1 Å². The van der Waals surface area contributed by atoms with Crippen molar-refractivity contribution in [1.29, 1.82) is 0 Å². The van der Waals surface area contributed by atoms with Gasteiger partial charge in [-0.25, -0.2) is 9.97 Å². The normalized spacial score (nSPS) is 14.3.